The molecule has 0 N–H and O–H groups in total. The topological polar surface area (TPSA) is 38.8 Å². The number of carbonyl (C=O) groups is 1. The molecule has 0 saturated carbocycles. The van der Waals surface area contributed by atoms with Crippen molar-refractivity contribution in [1.29, 1.82) is 0 Å². The highest BCUT2D eigenvalue weighted by Crippen LogP contribution is 2.32. The predicted molar refractivity (Wildman–Crippen MR) is 68.7 cm³/mol. The van der Waals surface area contributed by atoms with Crippen LogP contribution < -0.4 is 4.74 Å². The highest BCUT2D eigenvalue weighted by Gasteiger charge is 2.32. The van der Waals surface area contributed by atoms with Crippen molar-refractivity contribution in [2.45, 2.75) is 19.4 Å². The Bertz CT molecular complexity index is 445. The van der Waals surface area contributed by atoms with Crippen LogP contribution in [0.25, 0.3) is 0 Å². The molecule has 1 aromatic rings. The van der Waals surface area contributed by atoms with Crippen LogP contribution in [0.3, 0.4) is 0 Å². The Morgan fingerprint density at radius 1 is 1.50 bits per heavy atom. The maximum atomic E-state index is 12.1. The van der Waals surface area contributed by atoms with E-state index in [0.29, 0.717) is 6.61 Å². The lowest BCUT2D eigenvalue weighted by molar-refractivity contribution is -0.149. The summed E-state index contributed by atoms with van der Waals surface area (Å²) in [6, 6.07) is 5.59. The number of methoxy groups -OCH3 is 1. The molecule has 1 atom stereocenters. The molecule has 0 amide bonds. The van der Waals surface area contributed by atoms with Gasteiger partial charge < -0.3 is 9.47 Å². The Balaban J connectivity index is 2.38. The van der Waals surface area contributed by atoms with Gasteiger partial charge in [-0.2, -0.15) is 0 Å². The number of ether oxygens (including phenoxy) is 2. The lowest BCUT2D eigenvalue weighted by Gasteiger charge is -2.32. The van der Waals surface area contributed by atoms with Gasteiger partial charge in [-0.3, -0.25) is 4.90 Å². The largest absolute Gasteiger partial charge is 0.497 e. The van der Waals surface area contributed by atoms with Gasteiger partial charge >= 0.3 is 5.97 Å². The van der Waals surface area contributed by atoms with E-state index in [1.165, 1.54) is 5.56 Å². The molecular weight excluding hydrogens is 230 g/mol. The summed E-state index contributed by atoms with van der Waals surface area (Å²) in [4.78, 5) is 14.1. The van der Waals surface area contributed by atoms with Crippen LogP contribution >= 0.6 is 0 Å². The minimum atomic E-state index is -0.316. The van der Waals surface area contributed by atoms with Crippen LogP contribution in [-0.4, -0.2) is 38.2 Å². The summed E-state index contributed by atoms with van der Waals surface area (Å²) in [5.41, 5.74) is 2.20. The van der Waals surface area contributed by atoms with Crippen LogP contribution in [0.5, 0.6) is 5.75 Å². The van der Waals surface area contributed by atoms with E-state index in [-0.39, 0.29) is 12.0 Å². The van der Waals surface area contributed by atoms with Crippen LogP contribution in [0, 0.1) is 0 Å². The first-order valence-corrected chi connectivity index (χ1v) is 6.21. The molecule has 0 fully saturated rings. The molecule has 18 heavy (non-hydrogen) atoms. The normalized spacial score (nSPS) is 19.2. The van der Waals surface area contributed by atoms with Crippen molar-refractivity contribution in [3.63, 3.8) is 0 Å². The smallest absolute Gasteiger partial charge is 0.328 e. The molecule has 4 nitrogen and oxygen atoms in total. The molecular formula is C14H19NO3. The summed E-state index contributed by atoms with van der Waals surface area (Å²) in [6.07, 6.45) is 0.950. The van der Waals surface area contributed by atoms with E-state index < -0.39 is 0 Å². The number of esters is 1. The van der Waals surface area contributed by atoms with Gasteiger partial charge in [0.25, 0.3) is 0 Å². The second-order valence-electron chi connectivity index (χ2n) is 4.45. The average Bonchev–Trinajstić information content (AvgIpc) is 2.38. The zero-order chi connectivity index (χ0) is 13.1. The van der Waals surface area contributed by atoms with E-state index in [4.69, 9.17) is 9.47 Å². The molecule has 98 valence electrons. The van der Waals surface area contributed by atoms with Crippen molar-refractivity contribution in [2.75, 3.05) is 27.3 Å². The molecule has 1 aromatic carbocycles. The number of carbonyl (C=O) groups excluding carboxylic acids is 1. The summed E-state index contributed by atoms with van der Waals surface area (Å²) in [5, 5.41) is 0. The van der Waals surface area contributed by atoms with Crippen molar-refractivity contribution in [3.8, 4) is 5.75 Å². The fraction of sp³-hybridized carbons (Fsp3) is 0.500. The van der Waals surface area contributed by atoms with Gasteiger partial charge in [0.15, 0.2) is 0 Å². The molecule has 0 aliphatic carbocycles. The molecule has 0 saturated heterocycles. The quantitative estimate of drug-likeness (QED) is 0.766. The summed E-state index contributed by atoms with van der Waals surface area (Å²) < 4.78 is 10.4. The Labute approximate surface area is 107 Å². The lowest BCUT2D eigenvalue weighted by atomic mass is 9.92. The maximum Gasteiger partial charge on any atom is 0.328 e. The minimum absolute atomic E-state index is 0.186. The molecule has 0 spiro atoms. The Morgan fingerprint density at radius 3 is 2.94 bits per heavy atom. The number of nitrogens with zero attached hydrogens (tertiary/aromatic N) is 1. The molecule has 1 unspecified atom stereocenters. The summed E-state index contributed by atoms with van der Waals surface area (Å²) >= 11 is 0. The number of benzene rings is 1. The van der Waals surface area contributed by atoms with Crippen LogP contribution in [0.15, 0.2) is 18.2 Å². The standard InChI is InChI=1S/C14H19NO3/c1-4-18-14(16)13-12-9-11(17-3)6-5-10(12)7-8-15(13)2/h5-6,9,13H,4,7-8H2,1-3H3. The van der Waals surface area contributed by atoms with Gasteiger partial charge in [-0.05, 0) is 43.7 Å². The van der Waals surface area contributed by atoms with E-state index in [9.17, 15) is 4.79 Å². The van der Waals surface area contributed by atoms with Crippen molar-refractivity contribution >= 4 is 5.97 Å². The second kappa shape index (κ2) is 5.40. The lowest BCUT2D eigenvalue weighted by Crippen LogP contribution is -2.37. The van der Waals surface area contributed by atoms with Gasteiger partial charge in [-0.15, -0.1) is 0 Å². The Morgan fingerprint density at radius 2 is 2.28 bits per heavy atom. The first-order valence-electron chi connectivity index (χ1n) is 6.21. The molecule has 1 aliphatic rings. The maximum absolute atomic E-state index is 12.1. The SMILES string of the molecule is CCOC(=O)C1c2cc(OC)ccc2CCN1C. The van der Waals surface area contributed by atoms with Crippen molar-refractivity contribution in [3.05, 3.63) is 29.3 Å². The van der Waals surface area contributed by atoms with Gasteiger partial charge in [0.2, 0.25) is 0 Å². The van der Waals surface area contributed by atoms with Crippen LogP contribution in [0.4, 0.5) is 0 Å². The van der Waals surface area contributed by atoms with Gasteiger partial charge in [-0.25, -0.2) is 4.79 Å². The summed E-state index contributed by atoms with van der Waals surface area (Å²) in [7, 11) is 3.58. The zero-order valence-corrected chi connectivity index (χ0v) is 11.1. The molecule has 0 aromatic heterocycles. The molecule has 2 rings (SSSR count). The number of hydrogen-bond donors (Lipinski definition) is 0. The summed E-state index contributed by atoms with van der Waals surface area (Å²) in [6.45, 7) is 3.10. The van der Waals surface area contributed by atoms with Crippen molar-refractivity contribution in [1.82, 2.24) is 4.90 Å². The van der Waals surface area contributed by atoms with Gasteiger partial charge in [0.05, 0.1) is 13.7 Å². The highest BCUT2D eigenvalue weighted by molar-refractivity contribution is 5.78. The molecule has 4 heteroatoms. The van der Waals surface area contributed by atoms with Crippen molar-refractivity contribution in [2.24, 2.45) is 0 Å². The monoisotopic (exact) mass is 249 g/mol. The highest BCUT2D eigenvalue weighted by atomic mass is 16.5. The van der Waals surface area contributed by atoms with E-state index in [2.05, 4.69) is 0 Å². The van der Waals surface area contributed by atoms with Gasteiger partial charge in [0.1, 0.15) is 11.8 Å². The van der Waals surface area contributed by atoms with E-state index >= 15 is 0 Å². The third-order valence-corrected chi connectivity index (χ3v) is 3.33. The third-order valence-electron chi connectivity index (χ3n) is 3.33. The number of rotatable bonds is 3. The fourth-order valence-corrected chi connectivity index (χ4v) is 2.37. The minimum Gasteiger partial charge on any atom is -0.497 e. The van der Waals surface area contributed by atoms with E-state index in [1.54, 1.807) is 7.11 Å². The van der Waals surface area contributed by atoms with Crippen LogP contribution in [-0.2, 0) is 16.0 Å². The van der Waals surface area contributed by atoms with Gasteiger partial charge in [-0.1, -0.05) is 6.07 Å². The molecule has 0 bridgehead atoms. The fourth-order valence-electron chi connectivity index (χ4n) is 2.37. The molecule has 0 radical (unpaired) electrons. The van der Waals surface area contributed by atoms with Crippen LogP contribution in [0.2, 0.25) is 0 Å². The molecule has 1 heterocycles. The predicted octanol–water partition coefficient (Wildman–Crippen LogP) is 1.79. The number of hydrogen-bond acceptors (Lipinski definition) is 4. The van der Waals surface area contributed by atoms with E-state index in [0.717, 1.165) is 24.3 Å². The Hall–Kier alpha value is -1.55. The second-order valence-corrected chi connectivity index (χ2v) is 4.45. The van der Waals surface area contributed by atoms with E-state index in [1.807, 2.05) is 37.1 Å². The van der Waals surface area contributed by atoms with Crippen LogP contribution in [0.1, 0.15) is 24.1 Å². The average molecular weight is 249 g/mol. The number of likely N-dealkylation sites (N-methyl/N-ethyl adjacent to an activating group) is 1. The number of fused-ring (bicyclic) bond motifs is 1. The van der Waals surface area contributed by atoms with Gasteiger partial charge in [0, 0.05) is 6.54 Å². The summed E-state index contributed by atoms with van der Waals surface area (Å²) in [5.74, 6) is 0.590. The zero-order valence-electron chi connectivity index (χ0n) is 11.1. The first-order chi connectivity index (χ1) is 8.67. The Kier molecular flexibility index (Phi) is 3.87. The third kappa shape index (κ3) is 2.34. The van der Waals surface area contributed by atoms with Crippen molar-refractivity contribution < 1.29 is 14.3 Å². The molecule has 1 aliphatic heterocycles. The first kappa shape index (κ1) is 12.9.